The molecule has 10 heteroatoms. The van der Waals surface area contributed by atoms with Crippen LogP contribution in [0.1, 0.15) is 15.9 Å². The molecule has 0 aliphatic rings. The van der Waals surface area contributed by atoms with E-state index in [1.807, 2.05) is 0 Å². The number of phenolic OH excluding ortho intramolecular Hbond substituents is 1. The molecule has 2 amide bonds. The second-order valence-electron chi connectivity index (χ2n) is 5.21. The number of methoxy groups -OCH3 is 1. The molecule has 2 aromatic carbocycles. The average molecular weight is 372 g/mol. The maximum atomic E-state index is 11.9. The van der Waals surface area contributed by atoms with E-state index in [-0.39, 0.29) is 23.5 Å². The Labute approximate surface area is 153 Å². The van der Waals surface area contributed by atoms with Crippen LogP contribution in [0.4, 0.5) is 5.69 Å². The Morgan fingerprint density at radius 3 is 2.74 bits per heavy atom. The number of hydrogen-bond donors (Lipinski definition) is 3. The van der Waals surface area contributed by atoms with E-state index in [0.717, 1.165) is 6.07 Å². The first-order chi connectivity index (χ1) is 12.9. The van der Waals surface area contributed by atoms with Crippen LogP contribution < -0.4 is 15.5 Å². The smallest absolute Gasteiger partial charge is 0.270 e. The molecule has 0 aliphatic carbocycles. The van der Waals surface area contributed by atoms with Crippen molar-refractivity contribution in [2.24, 2.45) is 5.10 Å². The zero-order valence-corrected chi connectivity index (χ0v) is 14.2. The molecule has 0 saturated heterocycles. The van der Waals surface area contributed by atoms with Gasteiger partial charge >= 0.3 is 0 Å². The van der Waals surface area contributed by atoms with Crippen molar-refractivity contribution >= 4 is 23.7 Å². The van der Waals surface area contributed by atoms with E-state index in [1.54, 1.807) is 6.07 Å². The molecule has 27 heavy (non-hydrogen) atoms. The maximum Gasteiger partial charge on any atom is 0.270 e. The SMILES string of the molecule is COc1ccc(C=NNC(=O)CNC(=O)c2cccc([N+](=O)[O-])c2)cc1O. The van der Waals surface area contributed by atoms with Crippen LogP contribution in [-0.4, -0.2) is 41.7 Å². The maximum absolute atomic E-state index is 11.9. The summed E-state index contributed by atoms with van der Waals surface area (Å²) in [7, 11) is 1.42. The van der Waals surface area contributed by atoms with Crippen LogP contribution in [-0.2, 0) is 4.79 Å². The summed E-state index contributed by atoms with van der Waals surface area (Å²) in [6, 6.07) is 9.71. The molecule has 0 atom stereocenters. The van der Waals surface area contributed by atoms with Crippen molar-refractivity contribution in [1.29, 1.82) is 0 Å². The van der Waals surface area contributed by atoms with Gasteiger partial charge in [0.05, 0.1) is 24.8 Å². The Morgan fingerprint density at radius 1 is 1.30 bits per heavy atom. The lowest BCUT2D eigenvalue weighted by Gasteiger charge is -2.05. The molecule has 140 valence electrons. The molecule has 0 unspecified atom stereocenters. The van der Waals surface area contributed by atoms with Crippen molar-refractivity contribution in [3.8, 4) is 11.5 Å². The second kappa shape index (κ2) is 8.94. The number of benzene rings is 2. The highest BCUT2D eigenvalue weighted by atomic mass is 16.6. The quantitative estimate of drug-likeness (QED) is 0.378. The molecule has 0 spiro atoms. The molecule has 0 aromatic heterocycles. The number of nitrogens with one attached hydrogen (secondary N) is 2. The molecule has 10 nitrogen and oxygen atoms in total. The minimum Gasteiger partial charge on any atom is -0.504 e. The lowest BCUT2D eigenvalue weighted by atomic mass is 10.2. The molecule has 0 radical (unpaired) electrons. The highest BCUT2D eigenvalue weighted by molar-refractivity contribution is 5.97. The predicted molar refractivity (Wildman–Crippen MR) is 95.8 cm³/mol. The van der Waals surface area contributed by atoms with Crippen LogP contribution in [0.15, 0.2) is 47.6 Å². The van der Waals surface area contributed by atoms with Crippen molar-refractivity contribution in [2.45, 2.75) is 0 Å². The number of amides is 2. The minimum absolute atomic E-state index is 0.0641. The van der Waals surface area contributed by atoms with Gasteiger partial charge in [-0.15, -0.1) is 0 Å². The third-order valence-corrected chi connectivity index (χ3v) is 3.33. The molecule has 0 saturated carbocycles. The normalized spacial score (nSPS) is 10.4. The first-order valence-electron chi connectivity index (χ1n) is 7.62. The van der Waals surface area contributed by atoms with Crippen molar-refractivity contribution in [3.05, 3.63) is 63.7 Å². The highest BCUT2D eigenvalue weighted by Crippen LogP contribution is 2.25. The Bertz CT molecular complexity index is 897. The number of nitro groups is 1. The zero-order valence-electron chi connectivity index (χ0n) is 14.2. The number of nitro benzene ring substituents is 1. The first kappa shape index (κ1) is 19.4. The number of non-ortho nitro benzene ring substituents is 1. The molecule has 0 aliphatic heterocycles. The summed E-state index contributed by atoms with van der Waals surface area (Å²) in [6.45, 7) is -0.368. The monoisotopic (exact) mass is 372 g/mol. The molecule has 0 heterocycles. The highest BCUT2D eigenvalue weighted by Gasteiger charge is 2.12. The molecular weight excluding hydrogens is 356 g/mol. The topological polar surface area (TPSA) is 143 Å². The molecule has 0 bridgehead atoms. The molecule has 3 N–H and O–H groups in total. The minimum atomic E-state index is -0.627. The van der Waals surface area contributed by atoms with Crippen molar-refractivity contribution in [1.82, 2.24) is 10.7 Å². The van der Waals surface area contributed by atoms with Gasteiger partial charge < -0.3 is 15.2 Å². The van der Waals surface area contributed by atoms with E-state index >= 15 is 0 Å². The van der Waals surface area contributed by atoms with E-state index in [1.165, 1.54) is 43.7 Å². The lowest BCUT2D eigenvalue weighted by Crippen LogP contribution is -2.34. The Hall–Kier alpha value is -3.95. The summed E-state index contributed by atoms with van der Waals surface area (Å²) in [4.78, 5) is 33.7. The van der Waals surface area contributed by atoms with Gasteiger partial charge in [0.25, 0.3) is 17.5 Å². The third-order valence-electron chi connectivity index (χ3n) is 3.33. The Morgan fingerprint density at radius 2 is 2.07 bits per heavy atom. The van der Waals surface area contributed by atoms with Gasteiger partial charge in [-0.2, -0.15) is 5.10 Å². The fraction of sp³-hybridized carbons (Fsp3) is 0.118. The standard InChI is InChI=1S/C17H16N4O6/c1-27-15-6-5-11(7-14(15)22)9-19-20-16(23)10-18-17(24)12-3-2-4-13(8-12)21(25)26/h2-9,22H,10H2,1H3,(H,18,24)(H,20,23). The number of ether oxygens (including phenoxy) is 1. The lowest BCUT2D eigenvalue weighted by molar-refractivity contribution is -0.384. The zero-order chi connectivity index (χ0) is 19.8. The predicted octanol–water partition coefficient (Wildman–Crippen LogP) is 1.19. The molecular formula is C17H16N4O6. The fourth-order valence-electron chi connectivity index (χ4n) is 2.03. The Balaban J connectivity index is 1.85. The summed E-state index contributed by atoms with van der Waals surface area (Å²) < 4.78 is 4.91. The van der Waals surface area contributed by atoms with Gasteiger partial charge in [0.15, 0.2) is 11.5 Å². The summed E-state index contributed by atoms with van der Waals surface area (Å²) in [6.07, 6.45) is 1.30. The largest absolute Gasteiger partial charge is 0.504 e. The summed E-state index contributed by atoms with van der Waals surface area (Å²) in [5.74, 6) is -0.988. The summed E-state index contributed by atoms with van der Waals surface area (Å²) in [5, 5.41) is 26.4. The van der Waals surface area contributed by atoms with Crippen molar-refractivity contribution < 1.29 is 24.4 Å². The summed E-state index contributed by atoms with van der Waals surface area (Å²) in [5.41, 5.74) is 2.57. The van der Waals surface area contributed by atoms with Crippen LogP contribution in [0.5, 0.6) is 11.5 Å². The van der Waals surface area contributed by atoms with E-state index in [0.29, 0.717) is 11.3 Å². The second-order valence-corrected chi connectivity index (χ2v) is 5.21. The van der Waals surface area contributed by atoms with Crippen LogP contribution in [0.2, 0.25) is 0 Å². The number of carbonyl (C=O) groups is 2. The van der Waals surface area contributed by atoms with Crippen LogP contribution in [0.3, 0.4) is 0 Å². The fourth-order valence-corrected chi connectivity index (χ4v) is 2.03. The Kier molecular flexibility index (Phi) is 6.42. The van der Waals surface area contributed by atoms with E-state index in [9.17, 15) is 24.8 Å². The van der Waals surface area contributed by atoms with Gasteiger partial charge in [0.2, 0.25) is 0 Å². The van der Waals surface area contributed by atoms with E-state index < -0.39 is 16.7 Å². The van der Waals surface area contributed by atoms with Gasteiger partial charge in [0, 0.05) is 17.7 Å². The molecule has 0 fully saturated rings. The van der Waals surface area contributed by atoms with Gasteiger partial charge in [-0.1, -0.05) is 6.07 Å². The van der Waals surface area contributed by atoms with E-state index in [2.05, 4.69) is 15.8 Å². The number of phenols is 1. The number of aromatic hydroxyl groups is 1. The van der Waals surface area contributed by atoms with E-state index in [4.69, 9.17) is 4.74 Å². The van der Waals surface area contributed by atoms with Crippen molar-refractivity contribution in [3.63, 3.8) is 0 Å². The molecule has 2 aromatic rings. The number of rotatable bonds is 7. The number of hydrogen-bond acceptors (Lipinski definition) is 7. The van der Waals surface area contributed by atoms with Gasteiger partial charge in [-0.05, 0) is 29.8 Å². The van der Waals surface area contributed by atoms with Gasteiger partial charge in [-0.3, -0.25) is 19.7 Å². The summed E-state index contributed by atoms with van der Waals surface area (Å²) >= 11 is 0. The number of hydrazone groups is 1. The number of nitrogens with zero attached hydrogens (tertiary/aromatic N) is 2. The van der Waals surface area contributed by atoms with Crippen molar-refractivity contribution in [2.75, 3.05) is 13.7 Å². The third kappa shape index (κ3) is 5.53. The van der Waals surface area contributed by atoms with Crippen LogP contribution in [0, 0.1) is 10.1 Å². The first-order valence-corrected chi connectivity index (χ1v) is 7.62. The van der Waals surface area contributed by atoms with Gasteiger partial charge in [-0.25, -0.2) is 5.43 Å². The number of carbonyl (C=O) groups excluding carboxylic acids is 2. The van der Waals surface area contributed by atoms with Crippen LogP contribution >= 0.6 is 0 Å². The average Bonchev–Trinajstić information content (AvgIpc) is 2.66. The van der Waals surface area contributed by atoms with Gasteiger partial charge in [0.1, 0.15) is 0 Å². The van der Waals surface area contributed by atoms with Crippen LogP contribution in [0.25, 0.3) is 0 Å². The molecule has 2 rings (SSSR count).